The van der Waals surface area contributed by atoms with E-state index < -0.39 is 0 Å². The summed E-state index contributed by atoms with van der Waals surface area (Å²) in [5, 5.41) is 7.04. The highest BCUT2D eigenvalue weighted by Crippen LogP contribution is 2.17. The van der Waals surface area contributed by atoms with Gasteiger partial charge < -0.3 is 15.4 Å². The highest BCUT2D eigenvalue weighted by molar-refractivity contribution is 7.80. The Morgan fingerprint density at radius 2 is 2.21 bits per heavy atom. The largest absolute Gasteiger partial charge is 0.373 e. The Labute approximate surface area is 91.6 Å². The normalized spacial score (nSPS) is 26.6. The molecule has 82 valence electrons. The third-order valence-corrected chi connectivity index (χ3v) is 2.49. The number of hydrogen-bond donors (Lipinski definition) is 2. The lowest BCUT2D eigenvalue weighted by molar-refractivity contribution is 0.0586. The zero-order chi connectivity index (χ0) is 10.6. The van der Waals surface area contributed by atoms with E-state index in [4.69, 9.17) is 17.0 Å². The minimum Gasteiger partial charge on any atom is -0.373 e. The van der Waals surface area contributed by atoms with Crippen LogP contribution in [0, 0.1) is 0 Å². The maximum absolute atomic E-state index is 5.67. The fourth-order valence-electron chi connectivity index (χ4n) is 1.56. The second-order valence-electron chi connectivity index (χ2n) is 4.16. The van der Waals surface area contributed by atoms with Gasteiger partial charge in [0.15, 0.2) is 5.11 Å². The van der Waals surface area contributed by atoms with E-state index in [1.54, 1.807) is 0 Å². The summed E-state index contributed by atoms with van der Waals surface area (Å²) in [5.41, 5.74) is 0. The monoisotopic (exact) mass is 216 g/mol. The standard InChI is InChI=1S/C10H20N2OS/c1-7(2)12-10(14)11-6-9-5-4-8(3)13-9/h7-9H,4-6H2,1-3H3,(H2,11,12,14). The molecule has 0 amide bonds. The predicted molar refractivity (Wildman–Crippen MR) is 62.4 cm³/mol. The Balaban J connectivity index is 2.11. The molecule has 2 unspecified atom stereocenters. The van der Waals surface area contributed by atoms with Crippen molar-refractivity contribution in [1.82, 2.24) is 10.6 Å². The third kappa shape index (κ3) is 4.24. The maximum Gasteiger partial charge on any atom is 0.166 e. The fourth-order valence-corrected chi connectivity index (χ4v) is 1.87. The van der Waals surface area contributed by atoms with Crippen molar-refractivity contribution in [3.05, 3.63) is 0 Å². The molecule has 1 fully saturated rings. The summed E-state index contributed by atoms with van der Waals surface area (Å²) < 4.78 is 5.67. The van der Waals surface area contributed by atoms with Crippen LogP contribution in [0.5, 0.6) is 0 Å². The average Bonchev–Trinajstić information content (AvgIpc) is 2.47. The molecule has 0 spiro atoms. The average molecular weight is 216 g/mol. The van der Waals surface area contributed by atoms with Gasteiger partial charge in [-0.3, -0.25) is 0 Å². The molecule has 0 radical (unpaired) electrons. The smallest absolute Gasteiger partial charge is 0.166 e. The predicted octanol–water partition coefficient (Wildman–Crippen LogP) is 1.43. The van der Waals surface area contributed by atoms with Crippen molar-refractivity contribution in [2.75, 3.05) is 6.54 Å². The first-order chi connectivity index (χ1) is 6.58. The molecule has 3 nitrogen and oxygen atoms in total. The lowest BCUT2D eigenvalue weighted by Gasteiger charge is -2.16. The molecule has 14 heavy (non-hydrogen) atoms. The molecule has 0 saturated carbocycles. The Bertz CT molecular complexity index is 197. The number of hydrogen-bond acceptors (Lipinski definition) is 2. The van der Waals surface area contributed by atoms with Gasteiger partial charge in [0.05, 0.1) is 12.2 Å². The topological polar surface area (TPSA) is 33.3 Å². The van der Waals surface area contributed by atoms with Crippen LogP contribution < -0.4 is 10.6 Å². The van der Waals surface area contributed by atoms with Gasteiger partial charge in [0, 0.05) is 12.6 Å². The minimum absolute atomic E-state index is 0.330. The molecule has 0 aromatic rings. The van der Waals surface area contributed by atoms with Crippen molar-refractivity contribution in [1.29, 1.82) is 0 Å². The van der Waals surface area contributed by atoms with E-state index in [0.29, 0.717) is 18.2 Å². The van der Waals surface area contributed by atoms with E-state index in [0.717, 1.165) is 24.5 Å². The van der Waals surface area contributed by atoms with Crippen LogP contribution in [-0.4, -0.2) is 29.9 Å². The van der Waals surface area contributed by atoms with E-state index >= 15 is 0 Å². The van der Waals surface area contributed by atoms with Gasteiger partial charge in [-0.05, 0) is 45.8 Å². The second-order valence-corrected chi connectivity index (χ2v) is 4.56. The molecule has 0 aliphatic carbocycles. The van der Waals surface area contributed by atoms with E-state index in [9.17, 15) is 0 Å². The van der Waals surface area contributed by atoms with Gasteiger partial charge in [-0.25, -0.2) is 0 Å². The van der Waals surface area contributed by atoms with E-state index in [-0.39, 0.29) is 0 Å². The summed E-state index contributed by atoms with van der Waals surface area (Å²) in [4.78, 5) is 0. The third-order valence-electron chi connectivity index (χ3n) is 2.23. The highest BCUT2D eigenvalue weighted by Gasteiger charge is 2.21. The Hall–Kier alpha value is -0.350. The Morgan fingerprint density at radius 3 is 2.71 bits per heavy atom. The van der Waals surface area contributed by atoms with Gasteiger partial charge >= 0.3 is 0 Å². The molecule has 2 atom stereocenters. The molecule has 0 aromatic carbocycles. The van der Waals surface area contributed by atoms with Crippen LogP contribution in [0.3, 0.4) is 0 Å². The van der Waals surface area contributed by atoms with Crippen molar-refractivity contribution >= 4 is 17.3 Å². The number of rotatable bonds is 3. The van der Waals surface area contributed by atoms with Crippen LogP contribution in [0.15, 0.2) is 0 Å². The first-order valence-corrected chi connectivity index (χ1v) is 5.68. The summed E-state index contributed by atoms with van der Waals surface area (Å²) in [7, 11) is 0. The molecule has 1 heterocycles. The summed E-state index contributed by atoms with van der Waals surface area (Å²) >= 11 is 5.12. The van der Waals surface area contributed by atoms with Gasteiger partial charge in [0.1, 0.15) is 0 Å². The van der Waals surface area contributed by atoms with Gasteiger partial charge in [0.25, 0.3) is 0 Å². The van der Waals surface area contributed by atoms with Crippen LogP contribution >= 0.6 is 12.2 Å². The molecule has 0 aromatic heterocycles. The molecule has 1 aliphatic heterocycles. The summed E-state index contributed by atoms with van der Waals surface area (Å²) in [6, 6.07) is 0.387. The summed E-state index contributed by atoms with van der Waals surface area (Å²) in [5.74, 6) is 0. The molecule has 1 aliphatic rings. The van der Waals surface area contributed by atoms with Crippen LogP contribution in [0.4, 0.5) is 0 Å². The summed E-state index contributed by atoms with van der Waals surface area (Å²) in [6.07, 6.45) is 3.04. The first-order valence-electron chi connectivity index (χ1n) is 5.27. The molecule has 2 N–H and O–H groups in total. The number of nitrogens with one attached hydrogen (secondary N) is 2. The van der Waals surface area contributed by atoms with Crippen molar-refractivity contribution < 1.29 is 4.74 Å². The molecular formula is C10H20N2OS. The van der Waals surface area contributed by atoms with Gasteiger partial charge in [-0.2, -0.15) is 0 Å². The number of ether oxygens (including phenoxy) is 1. The van der Waals surface area contributed by atoms with Crippen molar-refractivity contribution in [3.8, 4) is 0 Å². The fraction of sp³-hybridized carbons (Fsp3) is 0.900. The van der Waals surface area contributed by atoms with Crippen LogP contribution in [-0.2, 0) is 4.74 Å². The minimum atomic E-state index is 0.330. The van der Waals surface area contributed by atoms with E-state index in [1.807, 2.05) is 0 Å². The highest BCUT2D eigenvalue weighted by atomic mass is 32.1. The SMILES string of the molecule is CC(C)NC(=S)NCC1CCC(C)O1. The van der Waals surface area contributed by atoms with Gasteiger partial charge in [-0.15, -0.1) is 0 Å². The first kappa shape index (κ1) is 11.7. The van der Waals surface area contributed by atoms with Gasteiger partial charge in [-0.1, -0.05) is 0 Å². The Morgan fingerprint density at radius 1 is 1.50 bits per heavy atom. The lowest BCUT2D eigenvalue weighted by atomic mass is 10.2. The molecular weight excluding hydrogens is 196 g/mol. The van der Waals surface area contributed by atoms with Crippen LogP contribution in [0.25, 0.3) is 0 Å². The Kier molecular flexibility index (Phi) is 4.62. The zero-order valence-corrected chi connectivity index (χ0v) is 9.99. The van der Waals surface area contributed by atoms with Crippen molar-refractivity contribution in [3.63, 3.8) is 0 Å². The molecule has 0 bridgehead atoms. The van der Waals surface area contributed by atoms with Crippen LogP contribution in [0.2, 0.25) is 0 Å². The molecule has 1 saturated heterocycles. The van der Waals surface area contributed by atoms with Crippen molar-refractivity contribution in [2.24, 2.45) is 0 Å². The second kappa shape index (κ2) is 5.51. The maximum atomic E-state index is 5.67. The van der Waals surface area contributed by atoms with Crippen LogP contribution in [0.1, 0.15) is 33.6 Å². The molecule has 4 heteroatoms. The zero-order valence-electron chi connectivity index (χ0n) is 9.17. The van der Waals surface area contributed by atoms with Crippen molar-refractivity contribution in [2.45, 2.75) is 51.9 Å². The quantitative estimate of drug-likeness (QED) is 0.699. The number of thiocarbonyl (C=S) groups is 1. The van der Waals surface area contributed by atoms with Gasteiger partial charge in [0.2, 0.25) is 0 Å². The van der Waals surface area contributed by atoms with E-state index in [1.165, 1.54) is 0 Å². The lowest BCUT2D eigenvalue weighted by Crippen LogP contribution is -2.42. The summed E-state index contributed by atoms with van der Waals surface area (Å²) in [6.45, 7) is 7.08. The van der Waals surface area contributed by atoms with E-state index in [2.05, 4.69) is 31.4 Å². The molecule has 1 rings (SSSR count).